The first-order chi connectivity index (χ1) is 33.9. The molecule has 0 bridgehead atoms. The molecule has 4 aromatic carbocycles. The summed E-state index contributed by atoms with van der Waals surface area (Å²) >= 11 is 0. The quantitative estimate of drug-likeness (QED) is 0.0613. The Balaban J connectivity index is 0.000000190. The monoisotopic (exact) mass is 993 g/mol. The summed E-state index contributed by atoms with van der Waals surface area (Å²) in [7, 11) is 0. The molecular formula is C58H74F2N4O8. The van der Waals surface area contributed by atoms with Crippen molar-refractivity contribution in [2.24, 2.45) is 17.6 Å². The van der Waals surface area contributed by atoms with E-state index in [1.165, 1.54) is 28.8 Å². The minimum atomic E-state index is -1.31. The van der Waals surface area contributed by atoms with E-state index in [9.17, 15) is 43.9 Å². The van der Waals surface area contributed by atoms with Crippen molar-refractivity contribution in [2.75, 3.05) is 0 Å². The molecule has 0 saturated heterocycles. The summed E-state index contributed by atoms with van der Waals surface area (Å²) in [5.74, 6) is -3.18. The molecule has 8 rings (SSSR count). The Morgan fingerprint density at radius 3 is 1.47 bits per heavy atom. The fraction of sp³-hybridized carbons (Fsp3) is 0.517. The average Bonchev–Trinajstić information content (AvgIpc) is 4.18. The number of carbonyl (C=O) groups is 2. The highest BCUT2D eigenvalue weighted by Crippen LogP contribution is 2.41. The minimum absolute atomic E-state index is 0.00577. The number of aryl methyl sites for hydroxylation is 2. The summed E-state index contributed by atoms with van der Waals surface area (Å²) in [4.78, 5) is 29.1. The van der Waals surface area contributed by atoms with Crippen LogP contribution in [-0.4, -0.2) is 60.9 Å². The third kappa shape index (κ3) is 14.8. The van der Waals surface area contributed by atoms with Crippen LogP contribution in [0.25, 0.3) is 9.69 Å². The number of halogens is 2. The van der Waals surface area contributed by atoms with Crippen LogP contribution in [0.4, 0.5) is 8.78 Å². The van der Waals surface area contributed by atoms with E-state index in [-0.39, 0.29) is 55.4 Å². The van der Waals surface area contributed by atoms with Crippen LogP contribution in [-0.2, 0) is 46.4 Å². The van der Waals surface area contributed by atoms with Gasteiger partial charge in [0.15, 0.2) is 0 Å². The van der Waals surface area contributed by atoms with Crippen molar-refractivity contribution in [2.45, 2.75) is 177 Å². The van der Waals surface area contributed by atoms with Crippen molar-refractivity contribution in [1.29, 1.82) is 0 Å². The molecule has 4 aliphatic rings. The number of aliphatic hydroxyl groups is 4. The van der Waals surface area contributed by atoms with E-state index in [1.807, 2.05) is 42.5 Å². The van der Waals surface area contributed by atoms with Crippen LogP contribution >= 0.6 is 0 Å². The van der Waals surface area contributed by atoms with Crippen molar-refractivity contribution in [1.82, 2.24) is 0 Å². The molecule has 2 fully saturated rings. The van der Waals surface area contributed by atoms with Gasteiger partial charge in [0.05, 0.1) is 40.9 Å². The van der Waals surface area contributed by atoms with Crippen molar-refractivity contribution >= 4 is 11.9 Å². The zero-order chi connectivity index (χ0) is 53.0. The lowest BCUT2D eigenvalue weighted by molar-refractivity contribution is -0.441. The zero-order valence-electron chi connectivity index (χ0n) is 42.3. The maximum absolute atomic E-state index is 14.4. The van der Waals surface area contributed by atoms with Crippen molar-refractivity contribution in [3.8, 4) is 0 Å². The maximum atomic E-state index is 14.4. The number of carbonyl (C=O) groups excluding carboxylic acids is 1. The number of carboxylic acids is 2. The molecule has 0 aromatic heterocycles. The van der Waals surface area contributed by atoms with Crippen LogP contribution in [0.15, 0.2) is 84.9 Å². The first-order valence-corrected chi connectivity index (χ1v) is 25.3. The van der Waals surface area contributed by atoms with E-state index in [0.717, 1.165) is 63.4 Å². The van der Waals surface area contributed by atoms with Crippen LogP contribution in [0.3, 0.4) is 0 Å². The molecule has 72 heavy (non-hydrogen) atoms. The number of aliphatic carboxylic acids is 2. The smallest absolute Gasteiger partial charge is 0.306 e. The third-order valence-corrected chi connectivity index (χ3v) is 15.4. The molecule has 1 unspecified atom stereocenters. The lowest BCUT2D eigenvalue weighted by Gasteiger charge is -2.35. The highest BCUT2D eigenvalue weighted by molar-refractivity contribution is 5.68. The molecule has 0 aliphatic heterocycles. The second kappa shape index (κ2) is 24.9. The van der Waals surface area contributed by atoms with E-state index in [2.05, 4.69) is 21.5 Å². The SMILES string of the molecule is N[C@@H]1c2ccccc2C[C@@H]1O.[C-]#[N+]C(C)(C)c1ccc(CCC(O)(CC(=O)O)C2CCCC2)cc1F.[C-]#[N+]C(C)(C)c1ccc(CC[C@@](O)(CC(=O)[O-])C2CCCC2)cc1F.[NH3+][C@@H]1c2ccccc2C[C@@H]1O. The van der Waals surface area contributed by atoms with E-state index in [0.29, 0.717) is 47.9 Å². The molecule has 12 nitrogen and oxygen atoms in total. The third-order valence-electron chi connectivity index (χ3n) is 15.4. The molecular weight excluding hydrogens is 919 g/mol. The highest BCUT2D eigenvalue weighted by Gasteiger charge is 2.41. The number of carboxylic acid groups (broad SMARTS) is 2. The number of benzene rings is 4. The number of nitrogens with two attached hydrogens (primary N) is 1. The van der Waals surface area contributed by atoms with Crippen LogP contribution in [0.2, 0.25) is 0 Å². The second-order valence-corrected chi connectivity index (χ2v) is 21.3. The fourth-order valence-electron chi connectivity index (χ4n) is 10.8. The number of hydrogen-bond donors (Lipinski definition) is 7. The van der Waals surface area contributed by atoms with E-state index in [4.69, 9.17) is 24.0 Å². The van der Waals surface area contributed by atoms with E-state index >= 15 is 0 Å². The molecule has 388 valence electrons. The summed E-state index contributed by atoms with van der Waals surface area (Å²) in [6.07, 6.45) is 8.86. The Morgan fingerprint density at radius 2 is 1.08 bits per heavy atom. The van der Waals surface area contributed by atoms with Gasteiger partial charge < -0.3 is 56.6 Å². The van der Waals surface area contributed by atoms with Gasteiger partial charge in [-0.15, -0.1) is 0 Å². The van der Waals surface area contributed by atoms with Gasteiger partial charge in [0.1, 0.15) is 23.8 Å². The lowest BCUT2D eigenvalue weighted by Crippen LogP contribution is -2.57. The summed E-state index contributed by atoms with van der Waals surface area (Å²) in [6, 6.07) is 25.5. The van der Waals surface area contributed by atoms with Gasteiger partial charge in [-0.2, -0.15) is 0 Å². The molecule has 0 heterocycles. The molecule has 0 amide bonds. The van der Waals surface area contributed by atoms with Crippen LogP contribution in [0, 0.1) is 36.6 Å². The van der Waals surface area contributed by atoms with Crippen LogP contribution < -0.4 is 16.6 Å². The second-order valence-electron chi connectivity index (χ2n) is 21.3. The molecule has 6 atom stereocenters. The normalized spacial score (nSPS) is 21.1. The zero-order valence-corrected chi connectivity index (χ0v) is 42.3. The van der Waals surface area contributed by atoms with Crippen molar-refractivity contribution in [3.63, 3.8) is 0 Å². The first-order valence-electron chi connectivity index (χ1n) is 25.3. The molecule has 10 N–H and O–H groups in total. The predicted molar refractivity (Wildman–Crippen MR) is 269 cm³/mol. The summed E-state index contributed by atoms with van der Waals surface area (Å²) in [6.45, 7) is 21.0. The van der Waals surface area contributed by atoms with Gasteiger partial charge in [-0.25, -0.2) is 21.9 Å². The van der Waals surface area contributed by atoms with Gasteiger partial charge in [0.2, 0.25) is 0 Å². The summed E-state index contributed by atoms with van der Waals surface area (Å²) in [5, 5.41) is 60.9. The molecule has 4 aromatic rings. The Kier molecular flexibility index (Phi) is 19.8. The van der Waals surface area contributed by atoms with Crippen LogP contribution in [0.5, 0.6) is 0 Å². The number of rotatable bonds is 14. The van der Waals surface area contributed by atoms with Crippen molar-refractivity contribution < 1.29 is 54.7 Å². The highest BCUT2D eigenvalue weighted by atomic mass is 19.1. The van der Waals surface area contributed by atoms with Gasteiger partial charge in [0.25, 0.3) is 11.1 Å². The fourth-order valence-corrected chi connectivity index (χ4v) is 10.8. The van der Waals surface area contributed by atoms with E-state index < -0.39 is 45.9 Å². The predicted octanol–water partition coefficient (Wildman–Crippen LogP) is 7.77. The van der Waals surface area contributed by atoms with Crippen molar-refractivity contribution in [3.05, 3.63) is 164 Å². The summed E-state index contributed by atoms with van der Waals surface area (Å²) < 4.78 is 28.7. The van der Waals surface area contributed by atoms with Gasteiger partial charge >= 0.3 is 5.97 Å². The van der Waals surface area contributed by atoms with Gasteiger partial charge in [0, 0.05) is 58.5 Å². The maximum Gasteiger partial charge on any atom is 0.306 e. The Morgan fingerprint density at radius 1 is 0.681 bits per heavy atom. The number of hydrogen-bond acceptors (Lipinski definition) is 8. The van der Waals surface area contributed by atoms with Gasteiger partial charge in [-0.3, -0.25) is 4.79 Å². The Bertz CT molecular complexity index is 2390. The molecule has 2 saturated carbocycles. The topological polar surface area (TPSA) is 221 Å². The first kappa shape index (κ1) is 57.3. The lowest BCUT2D eigenvalue weighted by atomic mass is 9.79. The molecule has 4 aliphatic carbocycles. The number of quaternary nitrogens is 1. The standard InChI is InChI=1S/2C20H26FNO3.2C9H11NO/c2*1-19(2,22-3)16-9-8-14(12-17(16)21)10-11-20(25,13-18(23)24)15-6-4-5-7-15;2*10-9-7-4-2-1-3-6(7)5-8(9)11/h2*8-9,12,15,25H,4-7,10-11,13H2,1-2H3,(H,23,24);2*1-4,8-9,11H,5,10H2/t20-;;2*8-,9+/m1.00/s1. The summed E-state index contributed by atoms with van der Waals surface area (Å²) in [5.41, 5.74) is 12.1. The average molecular weight is 993 g/mol. The van der Waals surface area contributed by atoms with Gasteiger partial charge in [-0.05, 0) is 115 Å². The van der Waals surface area contributed by atoms with Gasteiger partial charge in [-0.1, -0.05) is 86.3 Å². The molecule has 14 heteroatoms. The molecule has 0 spiro atoms. The molecule has 0 radical (unpaired) electrons. The number of nitrogens with zero attached hydrogens (tertiary/aromatic N) is 2. The van der Waals surface area contributed by atoms with Crippen LogP contribution in [0.1, 0.15) is 161 Å². The minimum Gasteiger partial charge on any atom is -0.550 e. The largest absolute Gasteiger partial charge is 0.550 e. The Hall–Kier alpha value is -5.58. The number of aliphatic hydroxyl groups excluding tert-OH is 2. The number of fused-ring (bicyclic) bond motifs is 2. The Labute approximate surface area is 423 Å². The van der Waals surface area contributed by atoms with E-state index in [1.54, 1.807) is 52.0 Å².